The second-order valence-corrected chi connectivity index (χ2v) is 4.88. The van der Waals surface area contributed by atoms with Crippen molar-refractivity contribution in [3.05, 3.63) is 64.2 Å². The standard InChI is InChI=1S/C17H18O2/c1-12-5-4-6-15(7-12)11-19-17-13(2)8-16(10-18)9-14(17)3/h4-10H,11H2,1-3H3. The van der Waals surface area contributed by atoms with Gasteiger partial charge in [0.05, 0.1) is 0 Å². The highest BCUT2D eigenvalue weighted by molar-refractivity contribution is 5.76. The predicted molar refractivity (Wildman–Crippen MR) is 76.8 cm³/mol. The van der Waals surface area contributed by atoms with Crippen LogP contribution in [0, 0.1) is 20.8 Å². The minimum absolute atomic E-state index is 0.545. The van der Waals surface area contributed by atoms with Crippen molar-refractivity contribution in [2.45, 2.75) is 27.4 Å². The molecule has 0 aromatic heterocycles. The van der Waals surface area contributed by atoms with Crippen LogP contribution >= 0.6 is 0 Å². The van der Waals surface area contributed by atoms with E-state index < -0.39 is 0 Å². The number of hydrogen-bond acceptors (Lipinski definition) is 2. The lowest BCUT2D eigenvalue weighted by Gasteiger charge is -2.13. The summed E-state index contributed by atoms with van der Waals surface area (Å²) in [5.74, 6) is 0.868. The molecule has 0 aliphatic carbocycles. The Labute approximate surface area is 114 Å². The molecule has 19 heavy (non-hydrogen) atoms. The van der Waals surface area contributed by atoms with Gasteiger partial charge in [0, 0.05) is 5.56 Å². The van der Waals surface area contributed by atoms with Gasteiger partial charge >= 0.3 is 0 Å². The van der Waals surface area contributed by atoms with Crippen LogP contribution in [-0.4, -0.2) is 6.29 Å². The van der Waals surface area contributed by atoms with Crippen LogP contribution in [0.15, 0.2) is 36.4 Å². The largest absolute Gasteiger partial charge is 0.488 e. The molecule has 2 rings (SSSR count). The summed E-state index contributed by atoms with van der Waals surface area (Å²) < 4.78 is 5.89. The Morgan fingerprint density at radius 1 is 1.05 bits per heavy atom. The third-order valence-electron chi connectivity index (χ3n) is 3.08. The van der Waals surface area contributed by atoms with Gasteiger partial charge in [0.25, 0.3) is 0 Å². The molecule has 0 saturated heterocycles. The SMILES string of the molecule is Cc1cccc(COc2c(C)cc(C=O)cc2C)c1. The molecule has 0 radical (unpaired) electrons. The first-order chi connectivity index (χ1) is 9.10. The number of benzene rings is 2. The van der Waals surface area contributed by atoms with E-state index in [4.69, 9.17) is 4.74 Å². The maximum absolute atomic E-state index is 10.8. The van der Waals surface area contributed by atoms with Gasteiger partial charge in [0.2, 0.25) is 0 Å². The molecule has 0 heterocycles. The Kier molecular flexibility index (Phi) is 4.00. The van der Waals surface area contributed by atoms with E-state index in [9.17, 15) is 4.79 Å². The van der Waals surface area contributed by atoms with Crippen molar-refractivity contribution in [2.24, 2.45) is 0 Å². The molecule has 0 fully saturated rings. The fourth-order valence-electron chi connectivity index (χ4n) is 2.24. The van der Waals surface area contributed by atoms with Crippen LogP contribution in [0.25, 0.3) is 0 Å². The zero-order chi connectivity index (χ0) is 13.8. The molecule has 0 aliphatic rings. The molecule has 0 bridgehead atoms. The maximum atomic E-state index is 10.8. The lowest BCUT2D eigenvalue weighted by molar-refractivity contribution is 0.112. The van der Waals surface area contributed by atoms with Gasteiger partial charge in [0.15, 0.2) is 0 Å². The van der Waals surface area contributed by atoms with Crippen LogP contribution in [0.4, 0.5) is 0 Å². The first-order valence-corrected chi connectivity index (χ1v) is 6.35. The van der Waals surface area contributed by atoms with Crippen LogP contribution in [0.5, 0.6) is 5.75 Å². The molecule has 0 amide bonds. The average Bonchev–Trinajstić information content (AvgIpc) is 2.37. The molecular formula is C17H18O2. The van der Waals surface area contributed by atoms with Gasteiger partial charge in [-0.05, 0) is 49.6 Å². The third kappa shape index (κ3) is 3.22. The summed E-state index contributed by atoms with van der Waals surface area (Å²) in [6, 6.07) is 12.0. The van der Waals surface area contributed by atoms with Gasteiger partial charge in [-0.3, -0.25) is 4.79 Å². The normalized spacial score (nSPS) is 10.3. The highest BCUT2D eigenvalue weighted by Gasteiger charge is 2.06. The van der Waals surface area contributed by atoms with Crippen LogP contribution < -0.4 is 4.74 Å². The zero-order valence-electron chi connectivity index (χ0n) is 11.6. The first kappa shape index (κ1) is 13.3. The molecule has 0 unspecified atom stereocenters. The Hall–Kier alpha value is -2.09. The van der Waals surface area contributed by atoms with Gasteiger partial charge in [-0.15, -0.1) is 0 Å². The first-order valence-electron chi connectivity index (χ1n) is 6.35. The van der Waals surface area contributed by atoms with E-state index in [0.717, 1.165) is 28.7 Å². The van der Waals surface area contributed by atoms with Crippen molar-refractivity contribution < 1.29 is 9.53 Å². The summed E-state index contributed by atoms with van der Waals surface area (Å²) in [5.41, 5.74) is 5.06. The Morgan fingerprint density at radius 2 is 1.74 bits per heavy atom. The van der Waals surface area contributed by atoms with Gasteiger partial charge in [-0.25, -0.2) is 0 Å². The fourth-order valence-corrected chi connectivity index (χ4v) is 2.24. The van der Waals surface area contributed by atoms with E-state index in [1.807, 2.05) is 32.0 Å². The van der Waals surface area contributed by atoms with Crippen molar-refractivity contribution >= 4 is 6.29 Å². The topological polar surface area (TPSA) is 26.3 Å². The second-order valence-electron chi connectivity index (χ2n) is 4.88. The van der Waals surface area contributed by atoms with E-state index in [2.05, 4.69) is 25.1 Å². The maximum Gasteiger partial charge on any atom is 0.150 e. The summed E-state index contributed by atoms with van der Waals surface area (Å²) >= 11 is 0. The highest BCUT2D eigenvalue weighted by Crippen LogP contribution is 2.25. The highest BCUT2D eigenvalue weighted by atomic mass is 16.5. The van der Waals surface area contributed by atoms with E-state index in [1.165, 1.54) is 5.56 Å². The predicted octanol–water partition coefficient (Wildman–Crippen LogP) is 4.00. The summed E-state index contributed by atoms with van der Waals surface area (Å²) in [5, 5.41) is 0. The minimum atomic E-state index is 0.545. The van der Waals surface area contributed by atoms with Gasteiger partial charge in [-0.1, -0.05) is 29.8 Å². The molecule has 2 aromatic rings. The quantitative estimate of drug-likeness (QED) is 0.771. The number of hydrogen-bond donors (Lipinski definition) is 0. The summed E-state index contributed by atoms with van der Waals surface area (Å²) in [7, 11) is 0. The molecule has 2 aromatic carbocycles. The molecule has 0 N–H and O–H groups in total. The van der Waals surface area contributed by atoms with E-state index >= 15 is 0 Å². The lowest BCUT2D eigenvalue weighted by Crippen LogP contribution is -2.00. The number of aryl methyl sites for hydroxylation is 3. The fraction of sp³-hybridized carbons (Fsp3) is 0.235. The summed E-state index contributed by atoms with van der Waals surface area (Å²) in [4.78, 5) is 10.8. The van der Waals surface area contributed by atoms with Crippen LogP contribution in [0.3, 0.4) is 0 Å². The third-order valence-corrected chi connectivity index (χ3v) is 3.08. The van der Waals surface area contributed by atoms with E-state index in [-0.39, 0.29) is 0 Å². The van der Waals surface area contributed by atoms with Crippen LogP contribution in [0.1, 0.15) is 32.6 Å². The lowest BCUT2D eigenvalue weighted by atomic mass is 10.1. The number of carbonyl (C=O) groups excluding carboxylic acids is 1. The summed E-state index contributed by atoms with van der Waals surface area (Å²) in [6.07, 6.45) is 0.865. The molecule has 0 saturated carbocycles. The van der Waals surface area contributed by atoms with Crippen molar-refractivity contribution in [3.63, 3.8) is 0 Å². The Morgan fingerprint density at radius 3 is 2.32 bits per heavy atom. The number of ether oxygens (including phenoxy) is 1. The smallest absolute Gasteiger partial charge is 0.150 e. The summed E-state index contributed by atoms with van der Waals surface area (Å²) in [6.45, 7) is 6.54. The minimum Gasteiger partial charge on any atom is -0.488 e. The van der Waals surface area contributed by atoms with E-state index in [1.54, 1.807) is 0 Å². The molecule has 0 spiro atoms. The van der Waals surface area contributed by atoms with Gasteiger partial charge in [0.1, 0.15) is 18.6 Å². The molecule has 0 aliphatic heterocycles. The van der Waals surface area contributed by atoms with Gasteiger partial charge < -0.3 is 4.74 Å². The molecule has 2 nitrogen and oxygen atoms in total. The van der Waals surface area contributed by atoms with Gasteiger partial charge in [-0.2, -0.15) is 0 Å². The molecule has 2 heteroatoms. The molecule has 0 atom stereocenters. The van der Waals surface area contributed by atoms with Crippen LogP contribution in [0.2, 0.25) is 0 Å². The number of aldehydes is 1. The van der Waals surface area contributed by atoms with Crippen molar-refractivity contribution in [1.82, 2.24) is 0 Å². The monoisotopic (exact) mass is 254 g/mol. The number of rotatable bonds is 4. The molecule has 98 valence electrons. The van der Waals surface area contributed by atoms with Crippen LogP contribution in [-0.2, 0) is 6.61 Å². The number of carbonyl (C=O) groups is 1. The zero-order valence-corrected chi connectivity index (χ0v) is 11.6. The average molecular weight is 254 g/mol. The van der Waals surface area contributed by atoms with Crippen molar-refractivity contribution in [2.75, 3.05) is 0 Å². The van der Waals surface area contributed by atoms with Crippen molar-refractivity contribution in [1.29, 1.82) is 0 Å². The Bertz CT molecular complexity index is 577. The Balaban J connectivity index is 2.18. The van der Waals surface area contributed by atoms with E-state index in [0.29, 0.717) is 12.2 Å². The molecular weight excluding hydrogens is 236 g/mol. The van der Waals surface area contributed by atoms with Crippen molar-refractivity contribution in [3.8, 4) is 5.75 Å². The second kappa shape index (κ2) is 5.70.